The first-order valence-electron chi connectivity index (χ1n) is 8.79. The van der Waals surface area contributed by atoms with Crippen LogP contribution in [0.1, 0.15) is 12.5 Å². The lowest BCUT2D eigenvalue weighted by molar-refractivity contribution is -0.116. The highest BCUT2D eigenvalue weighted by Crippen LogP contribution is 2.35. The second-order valence-electron chi connectivity index (χ2n) is 6.47. The lowest BCUT2D eigenvalue weighted by Crippen LogP contribution is -2.45. The monoisotopic (exact) mass is 422 g/mol. The van der Waals surface area contributed by atoms with E-state index in [1.165, 1.54) is 34.3 Å². The van der Waals surface area contributed by atoms with Gasteiger partial charge in [0, 0.05) is 6.07 Å². The fourth-order valence-electron chi connectivity index (χ4n) is 2.91. The quantitative estimate of drug-likeness (QED) is 0.703. The number of methoxy groups -OCH3 is 3. The molecule has 1 atom stereocenters. The van der Waals surface area contributed by atoms with E-state index in [9.17, 15) is 13.2 Å². The van der Waals surface area contributed by atoms with Gasteiger partial charge in [0.15, 0.2) is 0 Å². The van der Waals surface area contributed by atoms with E-state index in [4.69, 9.17) is 14.2 Å². The summed E-state index contributed by atoms with van der Waals surface area (Å²) in [7, 11) is 0.557. The fraction of sp³-hybridized carbons (Fsp3) is 0.350. The number of anilines is 2. The van der Waals surface area contributed by atoms with Gasteiger partial charge < -0.3 is 19.5 Å². The van der Waals surface area contributed by atoms with Gasteiger partial charge in [-0.15, -0.1) is 0 Å². The van der Waals surface area contributed by atoms with E-state index in [-0.39, 0.29) is 5.69 Å². The molecule has 1 unspecified atom stereocenters. The van der Waals surface area contributed by atoms with Gasteiger partial charge in [0.2, 0.25) is 15.9 Å². The highest BCUT2D eigenvalue weighted by molar-refractivity contribution is 7.92. The van der Waals surface area contributed by atoms with Crippen molar-refractivity contribution in [1.29, 1.82) is 0 Å². The minimum atomic E-state index is -3.83. The molecule has 29 heavy (non-hydrogen) atoms. The van der Waals surface area contributed by atoms with Crippen LogP contribution in [0.5, 0.6) is 17.2 Å². The van der Waals surface area contributed by atoms with Crippen LogP contribution < -0.4 is 23.8 Å². The molecule has 0 heterocycles. The summed E-state index contributed by atoms with van der Waals surface area (Å²) < 4.78 is 42.0. The molecule has 2 aromatic rings. The SMILES string of the molecule is COc1ccc(OC)c(N(C(C)C(=O)Nc2cc(C)ccc2OC)S(C)(=O)=O)c1. The molecule has 0 aliphatic rings. The maximum Gasteiger partial charge on any atom is 0.248 e. The molecule has 0 fully saturated rings. The Morgan fingerprint density at radius 2 is 1.62 bits per heavy atom. The van der Waals surface area contributed by atoms with Crippen molar-refractivity contribution in [1.82, 2.24) is 0 Å². The molecule has 8 nitrogen and oxygen atoms in total. The van der Waals surface area contributed by atoms with Crippen LogP contribution in [0.3, 0.4) is 0 Å². The van der Waals surface area contributed by atoms with Crippen molar-refractivity contribution in [2.24, 2.45) is 0 Å². The zero-order chi connectivity index (χ0) is 21.8. The van der Waals surface area contributed by atoms with Gasteiger partial charge in [-0.1, -0.05) is 6.07 Å². The first-order chi connectivity index (χ1) is 13.6. The molecule has 1 amide bonds. The number of nitrogens with zero attached hydrogens (tertiary/aromatic N) is 1. The van der Waals surface area contributed by atoms with Crippen LogP contribution in [0.4, 0.5) is 11.4 Å². The molecule has 0 aromatic heterocycles. The molecular formula is C20H26N2O6S. The summed E-state index contributed by atoms with van der Waals surface area (Å²) in [6, 6.07) is 9.00. The number of aryl methyl sites for hydroxylation is 1. The Labute approximate surface area is 171 Å². The van der Waals surface area contributed by atoms with Gasteiger partial charge in [0.25, 0.3) is 0 Å². The lowest BCUT2D eigenvalue weighted by Gasteiger charge is -2.29. The molecule has 0 saturated carbocycles. The Kier molecular flexibility index (Phi) is 6.97. The van der Waals surface area contributed by atoms with Crippen molar-refractivity contribution in [2.75, 3.05) is 37.2 Å². The molecule has 9 heteroatoms. The summed E-state index contributed by atoms with van der Waals surface area (Å²) in [4.78, 5) is 13.0. The van der Waals surface area contributed by atoms with Crippen LogP contribution in [-0.4, -0.2) is 48.0 Å². The van der Waals surface area contributed by atoms with E-state index in [1.807, 2.05) is 13.0 Å². The zero-order valence-electron chi connectivity index (χ0n) is 17.3. The number of benzene rings is 2. The fourth-order valence-corrected chi connectivity index (χ4v) is 4.08. The predicted molar refractivity (Wildman–Crippen MR) is 113 cm³/mol. The van der Waals surface area contributed by atoms with Gasteiger partial charge in [-0.2, -0.15) is 0 Å². The molecule has 1 N–H and O–H groups in total. The second kappa shape index (κ2) is 9.04. The van der Waals surface area contributed by atoms with E-state index < -0.39 is 22.0 Å². The summed E-state index contributed by atoms with van der Waals surface area (Å²) in [5.41, 5.74) is 1.58. The van der Waals surface area contributed by atoms with Crippen molar-refractivity contribution in [3.05, 3.63) is 42.0 Å². The summed E-state index contributed by atoms with van der Waals surface area (Å²) in [5, 5.41) is 2.75. The Bertz CT molecular complexity index is 990. The van der Waals surface area contributed by atoms with Crippen LogP contribution in [-0.2, 0) is 14.8 Å². The Hall–Kier alpha value is -2.94. The normalized spacial score (nSPS) is 12.1. The number of nitrogens with one attached hydrogen (secondary N) is 1. The zero-order valence-corrected chi connectivity index (χ0v) is 18.2. The molecule has 0 aliphatic heterocycles. The van der Waals surface area contributed by atoms with Crippen LogP contribution in [0.25, 0.3) is 0 Å². The van der Waals surface area contributed by atoms with Gasteiger partial charge in [0.1, 0.15) is 23.3 Å². The number of amides is 1. The van der Waals surface area contributed by atoms with Gasteiger partial charge in [0.05, 0.1) is 39.0 Å². The summed E-state index contributed by atoms with van der Waals surface area (Å²) in [5.74, 6) is 0.677. The van der Waals surface area contributed by atoms with Crippen LogP contribution in [0.15, 0.2) is 36.4 Å². The first kappa shape index (κ1) is 22.4. The minimum absolute atomic E-state index is 0.202. The Morgan fingerprint density at radius 1 is 1.00 bits per heavy atom. The van der Waals surface area contributed by atoms with Crippen molar-refractivity contribution in [3.8, 4) is 17.2 Å². The molecule has 2 rings (SSSR count). The van der Waals surface area contributed by atoms with E-state index in [0.717, 1.165) is 16.1 Å². The average molecular weight is 423 g/mol. The van der Waals surface area contributed by atoms with Crippen molar-refractivity contribution >= 4 is 27.3 Å². The van der Waals surface area contributed by atoms with E-state index in [0.29, 0.717) is 22.9 Å². The number of carbonyl (C=O) groups excluding carboxylic acids is 1. The molecule has 0 spiro atoms. The highest BCUT2D eigenvalue weighted by atomic mass is 32.2. The Morgan fingerprint density at radius 3 is 2.17 bits per heavy atom. The van der Waals surface area contributed by atoms with Gasteiger partial charge in [-0.25, -0.2) is 8.42 Å². The molecule has 0 saturated heterocycles. The number of carbonyl (C=O) groups is 1. The van der Waals surface area contributed by atoms with Crippen molar-refractivity contribution in [2.45, 2.75) is 19.9 Å². The third-order valence-electron chi connectivity index (χ3n) is 4.32. The standard InChI is InChI=1S/C20H26N2O6S/c1-13-7-9-18(27-4)16(11-13)21-20(23)14(2)22(29(6,24)25)17-12-15(26-3)8-10-19(17)28-5/h7-12,14H,1-6H3,(H,21,23). The third kappa shape index (κ3) is 5.11. The molecule has 2 aromatic carbocycles. The van der Waals surface area contributed by atoms with Crippen molar-refractivity contribution < 1.29 is 27.4 Å². The summed E-state index contributed by atoms with van der Waals surface area (Å²) >= 11 is 0. The molecular weight excluding hydrogens is 396 g/mol. The number of hydrogen-bond acceptors (Lipinski definition) is 6. The van der Waals surface area contributed by atoms with E-state index in [1.54, 1.807) is 24.3 Å². The molecule has 0 bridgehead atoms. The number of rotatable bonds is 8. The predicted octanol–water partition coefficient (Wildman–Crippen LogP) is 2.81. The van der Waals surface area contributed by atoms with Gasteiger partial charge in [-0.05, 0) is 43.7 Å². The lowest BCUT2D eigenvalue weighted by atomic mass is 10.2. The highest BCUT2D eigenvalue weighted by Gasteiger charge is 2.32. The molecule has 0 radical (unpaired) electrons. The van der Waals surface area contributed by atoms with Crippen LogP contribution in [0, 0.1) is 6.92 Å². The second-order valence-corrected chi connectivity index (χ2v) is 8.32. The van der Waals surface area contributed by atoms with Gasteiger partial charge >= 0.3 is 0 Å². The smallest absolute Gasteiger partial charge is 0.248 e. The maximum absolute atomic E-state index is 13.0. The molecule has 158 valence electrons. The van der Waals surface area contributed by atoms with Crippen molar-refractivity contribution in [3.63, 3.8) is 0 Å². The average Bonchev–Trinajstić information content (AvgIpc) is 2.67. The number of hydrogen-bond donors (Lipinski definition) is 1. The molecule has 0 aliphatic carbocycles. The number of ether oxygens (including phenoxy) is 3. The first-order valence-corrected chi connectivity index (χ1v) is 10.6. The van der Waals surface area contributed by atoms with E-state index in [2.05, 4.69) is 5.32 Å². The van der Waals surface area contributed by atoms with Gasteiger partial charge in [-0.3, -0.25) is 9.10 Å². The van der Waals surface area contributed by atoms with Crippen LogP contribution >= 0.6 is 0 Å². The third-order valence-corrected chi connectivity index (χ3v) is 5.55. The Balaban J connectivity index is 2.47. The maximum atomic E-state index is 13.0. The largest absolute Gasteiger partial charge is 0.497 e. The van der Waals surface area contributed by atoms with E-state index >= 15 is 0 Å². The minimum Gasteiger partial charge on any atom is -0.497 e. The summed E-state index contributed by atoms with van der Waals surface area (Å²) in [6.45, 7) is 3.38. The number of sulfonamides is 1. The summed E-state index contributed by atoms with van der Waals surface area (Å²) in [6.07, 6.45) is 1.03. The van der Waals surface area contributed by atoms with Crippen LogP contribution in [0.2, 0.25) is 0 Å². The topological polar surface area (TPSA) is 94.2 Å².